The van der Waals surface area contributed by atoms with Crippen LogP contribution in [0.4, 0.5) is 5.82 Å². The Hall–Kier alpha value is -2.09. The minimum absolute atomic E-state index is 0.390. The van der Waals surface area contributed by atoms with Crippen LogP contribution >= 0.6 is 0 Å². The van der Waals surface area contributed by atoms with Gasteiger partial charge in [0.05, 0.1) is 11.1 Å². The molecule has 2 rings (SSSR count). The fourth-order valence-electron chi connectivity index (χ4n) is 1.41. The number of terminal acetylenes is 1. The number of aromatic nitrogens is 4. The zero-order valence-electron chi connectivity index (χ0n) is 7.73. The van der Waals surface area contributed by atoms with E-state index in [4.69, 9.17) is 12.2 Å². The summed E-state index contributed by atoms with van der Waals surface area (Å²) in [7, 11) is 0. The fourth-order valence-corrected chi connectivity index (χ4v) is 1.41. The van der Waals surface area contributed by atoms with Gasteiger partial charge in [0.25, 0.3) is 0 Å². The van der Waals surface area contributed by atoms with E-state index in [-0.39, 0.29) is 0 Å². The first-order valence-electron chi connectivity index (χ1n) is 4.11. The van der Waals surface area contributed by atoms with E-state index in [9.17, 15) is 0 Å². The number of nitrogens with two attached hydrogens (primary N) is 1. The van der Waals surface area contributed by atoms with Crippen LogP contribution in [-0.4, -0.2) is 19.7 Å². The highest BCUT2D eigenvalue weighted by Gasteiger charge is 2.10. The molecule has 2 aromatic rings. The SMILES string of the molecule is C#CCn1nc(C)c2c(N)ncnc21. The third kappa shape index (κ3) is 1.09. The lowest BCUT2D eigenvalue weighted by molar-refractivity contribution is 0.723. The summed E-state index contributed by atoms with van der Waals surface area (Å²) in [6.07, 6.45) is 6.62. The third-order valence-corrected chi connectivity index (χ3v) is 1.97. The lowest BCUT2D eigenvalue weighted by atomic mass is 10.3. The highest BCUT2D eigenvalue weighted by Crippen LogP contribution is 2.19. The van der Waals surface area contributed by atoms with Crippen molar-refractivity contribution in [1.29, 1.82) is 0 Å². The van der Waals surface area contributed by atoms with Crippen LogP contribution in [-0.2, 0) is 6.54 Å². The molecule has 5 heteroatoms. The summed E-state index contributed by atoms with van der Waals surface area (Å²) in [5.41, 5.74) is 7.20. The van der Waals surface area contributed by atoms with E-state index in [1.54, 1.807) is 4.68 Å². The molecule has 0 spiro atoms. The maximum Gasteiger partial charge on any atom is 0.164 e. The lowest BCUT2D eigenvalue weighted by Crippen LogP contribution is -1.99. The number of anilines is 1. The Labute approximate surface area is 81.0 Å². The van der Waals surface area contributed by atoms with Crippen molar-refractivity contribution >= 4 is 16.9 Å². The van der Waals surface area contributed by atoms with Gasteiger partial charge in [0.2, 0.25) is 0 Å². The number of hydrogen-bond acceptors (Lipinski definition) is 4. The Morgan fingerprint density at radius 2 is 2.36 bits per heavy atom. The van der Waals surface area contributed by atoms with E-state index in [2.05, 4.69) is 21.0 Å². The van der Waals surface area contributed by atoms with E-state index in [0.29, 0.717) is 18.0 Å². The van der Waals surface area contributed by atoms with Crippen molar-refractivity contribution in [3.8, 4) is 12.3 Å². The molecule has 0 saturated heterocycles. The Morgan fingerprint density at radius 1 is 1.57 bits per heavy atom. The minimum atomic E-state index is 0.390. The first kappa shape index (κ1) is 8.51. The molecule has 0 aliphatic rings. The van der Waals surface area contributed by atoms with Crippen LogP contribution in [0.3, 0.4) is 0 Å². The Kier molecular flexibility index (Phi) is 1.82. The molecule has 0 atom stereocenters. The number of hydrogen-bond donors (Lipinski definition) is 1. The molecule has 0 aliphatic heterocycles. The fraction of sp³-hybridized carbons (Fsp3) is 0.222. The Bertz CT molecular complexity index is 520. The van der Waals surface area contributed by atoms with Crippen molar-refractivity contribution in [3.05, 3.63) is 12.0 Å². The number of rotatable bonds is 1. The average molecular weight is 187 g/mol. The number of nitrogen functional groups attached to an aromatic ring is 1. The number of fused-ring (bicyclic) bond motifs is 1. The van der Waals surface area contributed by atoms with E-state index in [1.165, 1.54) is 6.33 Å². The van der Waals surface area contributed by atoms with Gasteiger partial charge in [-0.1, -0.05) is 5.92 Å². The second-order valence-electron chi connectivity index (χ2n) is 2.90. The molecule has 70 valence electrons. The van der Waals surface area contributed by atoms with Gasteiger partial charge in [-0.15, -0.1) is 6.42 Å². The molecule has 5 nitrogen and oxygen atoms in total. The third-order valence-electron chi connectivity index (χ3n) is 1.97. The molecule has 0 saturated carbocycles. The van der Waals surface area contributed by atoms with Crippen molar-refractivity contribution in [2.75, 3.05) is 5.73 Å². The largest absolute Gasteiger partial charge is 0.383 e. The Balaban J connectivity index is 2.79. The van der Waals surface area contributed by atoms with E-state index < -0.39 is 0 Å². The monoisotopic (exact) mass is 187 g/mol. The molecule has 0 unspecified atom stereocenters. The molecule has 0 amide bonds. The van der Waals surface area contributed by atoms with Crippen molar-refractivity contribution in [2.45, 2.75) is 13.5 Å². The van der Waals surface area contributed by atoms with Gasteiger partial charge in [0.1, 0.15) is 18.7 Å². The lowest BCUT2D eigenvalue weighted by Gasteiger charge is -1.96. The second-order valence-corrected chi connectivity index (χ2v) is 2.90. The summed E-state index contributed by atoms with van der Waals surface area (Å²) in [6.45, 7) is 2.25. The van der Waals surface area contributed by atoms with Crippen LogP contribution in [0.25, 0.3) is 11.0 Å². The highest BCUT2D eigenvalue weighted by molar-refractivity contribution is 5.87. The molecule has 0 radical (unpaired) electrons. The minimum Gasteiger partial charge on any atom is -0.383 e. The second kappa shape index (κ2) is 3.00. The van der Waals surface area contributed by atoms with Gasteiger partial charge in [0, 0.05) is 0 Å². The van der Waals surface area contributed by atoms with Crippen LogP contribution in [0.1, 0.15) is 5.69 Å². The van der Waals surface area contributed by atoms with Gasteiger partial charge in [-0.2, -0.15) is 5.10 Å². The quantitative estimate of drug-likeness (QED) is 0.654. The summed E-state index contributed by atoms with van der Waals surface area (Å²) in [5.74, 6) is 2.95. The normalized spacial score (nSPS) is 10.3. The van der Waals surface area contributed by atoms with Gasteiger partial charge in [-0.3, -0.25) is 0 Å². The standard InChI is InChI=1S/C9H9N5/c1-3-4-14-9-7(6(2)13-14)8(10)11-5-12-9/h1,5H,4H2,2H3,(H2,10,11,12). The zero-order valence-corrected chi connectivity index (χ0v) is 7.73. The molecular weight excluding hydrogens is 178 g/mol. The van der Waals surface area contributed by atoms with E-state index >= 15 is 0 Å². The summed E-state index contributed by atoms with van der Waals surface area (Å²) in [6, 6.07) is 0. The van der Waals surface area contributed by atoms with Crippen molar-refractivity contribution in [2.24, 2.45) is 0 Å². The summed E-state index contributed by atoms with van der Waals surface area (Å²) in [5, 5.41) is 5.01. The molecular formula is C9H9N5. The van der Waals surface area contributed by atoms with E-state index in [1.807, 2.05) is 6.92 Å². The molecule has 2 heterocycles. The summed E-state index contributed by atoms with van der Waals surface area (Å²) >= 11 is 0. The topological polar surface area (TPSA) is 69.6 Å². The predicted molar refractivity (Wildman–Crippen MR) is 53.3 cm³/mol. The van der Waals surface area contributed by atoms with Crippen LogP contribution < -0.4 is 5.73 Å². The highest BCUT2D eigenvalue weighted by atomic mass is 15.3. The van der Waals surface area contributed by atoms with Crippen LogP contribution in [0.15, 0.2) is 6.33 Å². The van der Waals surface area contributed by atoms with Crippen molar-refractivity contribution in [1.82, 2.24) is 19.7 Å². The number of nitrogens with zero attached hydrogens (tertiary/aromatic N) is 4. The van der Waals surface area contributed by atoms with Crippen LogP contribution in [0.5, 0.6) is 0 Å². The molecule has 14 heavy (non-hydrogen) atoms. The molecule has 2 N–H and O–H groups in total. The van der Waals surface area contributed by atoms with Crippen molar-refractivity contribution < 1.29 is 0 Å². The van der Waals surface area contributed by atoms with Gasteiger partial charge in [0.15, 0.2) is 5.65 Å². The maximum absolute atomic E-state index is 5.71. The van der Waals surface area contributed by atoms with Gasteiger partial charge < -0.3 is 5.73 Å². The zero-order chi connectivity index (χ0) is 10.1. The van der Waals surface area contributed by atoms with Crippen molar-refractivity contribution in [3.63, 3.8) is 0 Å². The van der Waals surface area contributed by atoms with Crippen LogP contribution in [0.2, 0.25) is 0 Å². The molecule has 0 fully saturated rings. The van der Waals surface area contributed by atoms with Gasteiger partial charge in [-0.25, -0.2) is 14.6 Å². The first-order valence-corrected chi connectivity index (χ1v) is 4.11. The summed E-state index contributed by atoms with van der Waals surface area (Å²) in [4.78, 5) is 8.00. The average Bonchev–Trinajstić information content (AvgIpc) is 2.46. The first-order chi connectivity index (χ1) is 6.74. The van der Waals surface area contributed by atoms with E-state index in [0.717, 1.165) is 11.1 Å². The molecule has 2 aromatic heterocycles. The van der Waals surface area contributed by atoms with Gasteiger partial charge in [-0.05, 0) is 6.92 Å². The van der Waals surface area contributed by atoms with Crippen LogP contribution in [0, 0.1) is 19.3 Å². The number of aryl methyl sites for hydroxylation is 1. The molecule has 0 aliphatic carbocycles. The smallest absolute Gasteiger partial charge is 0.164 e. The van der Waals surface area contributed by atoms with Gasteiger partial charge >= 0.3 is 0 Å². The predicted octanol–water partition coefficient (Wildman–Crippen LogP) is 0.350. The summed E-state index contributed by atoms with van der Waals surface area (Å²) < 4.78 is 1.64. The molecule has 0 bridgehead atoms. The molecule has 0 aromatic carbocycles. The Morgan fingerprint density at radius 3 is 3.07 bits per heavy atom. The maximum atomic E-state index is 5.71.